The number of amides is 2. The Morgan fingerprint density at radius 2 is 1.81 bits per heavy atom. The standard InChI is InChI=1S/C20H23N3O3/c21-17-10-8-15(9-11-17)13-22-19(24)18-7-4-12-23(18)20(25)26-14-16-5-2-1-3-6-16/h1-3,5-6,8-11,18H,4,7,12-14,21H2,(H,22,24)/t18-/m0/s1. The van der Waals surface area contributed by atoms with E-state index in [0.717, 1.165) is 17.5 Å². The van der Waals surface area contributed by atoms with Crippen molar-refractivity contribution >= 4 is 17.7 Å². The van der Waals surface area contributed by atoms with Gasteiger partial charge in [-0.2, -0.15) is 0 Å². The van der Waals surface area contributed by atoms with Crippen LogP contribution in [0.15, 0.2) is 54.6 Å². The number of hydrogen-bond donors (Lipinski definition) is 2. The van der Waals surface area contributed by atoms with E-state index in [0.29, 0.717) is 25.2 Å². The third kappa shape index (κ3) is 4.53. The van der Waals surface area contributed by atoms with Gasteiger partial charge < -0.3 is 15.8 Å². The lowest BCUT2D eigenvalue weighted by Gasteiger charge is -2.23. The van der Waals surface area contributed by atoms with Gasteiger partial charge in [0.2, 0.25) is 5.91 Å². The van der Waals surface area contributed by atoms with E-state index in [2.05, 4.69) is 5.32 Å². The van der Waals surface area contributed by atoms with Crippen LogP contribution in [0.25, 0.3) is 0 Å². The molecule has 1 atom stereocenters. The maximum Gasteiger partial charge on any atom is 0.410 e. The molecule has 6 nitrogen and oxygen atoms in total. The van der Waals surface area contributed by atoms with Crippen molar-refractivity contribution in [3.63, 3.8) is 0 Å². The molecular weight excluding hydrogens is 330 g/mol. The molecule has 2 aromatic carbocycles. The van der Waals surface area contributed by atoms with Crippen molar-refractivity contribution in [2.75, 3.05) is 12.3 Å². The summed E-state index contributed by atoms with van der Waals surface area (Å²) in [5.74, 6) is -0.156. The minimum absolute atomic E-state index is 0.156. The van der Waals surface area contributed by atoms with E-state index in [1.54, 1.807) is 12.1 Å². The Bertz CT molecular complexity index is 747. The van der Waals surface area contributed by atoms with Gasteiger partial charge in [0.1, 0.15) is 12.6 Å². The third-order valence-electron chi connectivity index (χ3n) is 4.44. The smallest absolute Gasteiger partial charge is 0.410 e. The fourth-order valence-corrected chi connectivity index (χ4v) is 3.00. The van der Waals surface area contributed by atoms with Gasteiger partial charge in [0.05, 0.1) is 0 Å². The van der Waals surface area contributed by atoms with E-state index in [4.69, 9.17) is 10.5 Å². The topological polar surface area (TPSA) is 84.7 Å². The zero-order chi connectivity index (χ0) is 18.4. The Balaban J connectivity index is 1.52. The number of benzene rings is 2. The van der Waals surface area contributed by atoms with Crippen molar-refractivity contribution in [1.82, 2.24) is 10.2 Å². The molecule has 0 saturated carbocycles. The molecule has 0 spiro atoms. The van der Waals surface area contributed by atoms with E-state index >= 15 is 0 Å². The first-order valence-electron chi connectivity index (χ1n) is 8.73. The predicted molar refractivity (Wildman–Crippen MR) is 99.1 cm³/mol. The number of nitrogens with zero attached hydrogens (tertiary/aromatic N) is 1. The lowest BCUT2D eigenvalue weighted by Crippen LogP contribution is -2.45. The SMILES string of the molecule is Nc1ccc(CNC(=O)[C@@H]2CCCN2C(=O)OCc2ccccc2)cc1. The quantitative estimate of drug-likeness (QED) is 0.810. The molecule has 3 N–H and O–H groups in total. The molecule has 2 aromatic rings. The van der Waals surface area contributed by atoms with Crippen molar-refractivity contribution in [3.05, 3.63) is 65.7 Å². The van der Waals surface area contributed by atoms with Gasteiger partial charge in [-0.15, -0.1) is 0 Å². The third-order valence-corrected chi connectivity index (χ3v) is 4.44. The number of ether oxygens (including phenoxy) is 1. The van der Waals surface area contributed by atoms with E-state index in [1.807, 2.05) is 42.5 Å². The molecule has 1 aliphatic heterocycles. The maximum atomic E-state index is 12.5. The molecule has 3 rings (SSSR count). The summed E-state index contributed by atoms with van der Waals surface area (Å²) in [4.78, 5) is 26.4. The first-order chi connectivity index (χ1) is 12.6. The van der Waals surface area contributed by atoms with Crippen LogP contribution in [0.3, 0.4) is 0 Å². The number of nitrogens with one attached hydrogen (secondary N) is 1. The van der Waals surface area contributed by atoms with Crippen LogP contribution >= 0.6 is 0 Å². The van der Waals surface area contributed by atoms with Crippen molar-refractivity contribution in [2.24, 2.45) is 0 Å². The van der Waals surface area contributed by atoms with Crippen LogP contribution in [0.2, 0.25) is 0 Å². The summed E-state index contributed by atoms with van der Waals surface area (Å²) in [6, 6.07) is 16.3. The molecule has 26 heavy (non-hydrogen) atoms. The van der Waals surface area contributed by atoms with Gasteiger partial charge >= 0.3 is 6.09 Å². The molecule has 1 saturated heterocycles. The molecule has 2 amide bonds. The predicted octanol–water partition coefficient (Wildman–Crippen LogP) is 2.69. The molecule has 1 fully saturated rings. The fraction of sp³-hybridized carbons (Fsp3) is 0.300. The number of nitrogens with two attached hydrogens (primary N) is 1. The highest BCUT2D eigenvalue weighted by atomic mass is 16.6. The summed E-state index contributed by atoms with van der Waals surface area (Å²) in [6.45, 7) is 1.14. The van der Waals surface area contributed by atoms with Crippen LogP contribution in [0.5, 0.6) is 0 Å². The normalized spacial score (nSPS) is 16.3. The summed E-state index contributed by atoms with van der Waals surface area (Å²) in [5, 5.41) is 2.89. The van der Waals surface area contributed by atoms with E-state index in [9.17, 15) is 9.59 Å². The van der Waals surface area contributed by atoms with Crippen molar-refractivity contribution < 1.29 is 14.3 Å². The molecule has 1 heterocycles. The van der Waals surface area contributed by atoms with Crippen LogP contribution in [0, 0.1) is 0 Å². The summed E-state index contributed by atoms with van der Waals surface area (Å²) in [7, 11) is 0. The Morgan fingerprint density at radius 3 is 2.54 bits per heavy atom. The first kappa shape index (κ1) is 17.8. The molecule has 0 unspecified atom stereocenters. The number of anilines is 1. The van der Waals surface area contributed by atoms with E-state index < -0.39 is 12.1 Å². The van der Waals surface area contributed by atoms with Gasteiger partial charge in [0, 0.05) is 18.8 Å². The molecule has 1 aliphatic rings. The second kappa shape index (κ2) is 8.38. The first-order valence-corrected chi connectivity index (χ1v) is 8.73. The number of carbonyl (C=O) groups is 2. The zero-order valence-electron chi connectivity index (χ0n) is 14.6. The highest BCUT2D eigenvalue weighted by Gasteiger charge is 2.34. The average molecular weight is 353 g/mol. The maximum absolute atomic E-state index is 12.5. The van der Waals surface area contributed by atoms with Crippen LogP contribution in [0.4, 0.5) is 10.5 Å². The fourth-order valence-electron chi connectivity index (χ4n) is 3.00. The van der Waals surface area contributed by atoms with Gasteiger partial charge in [-0.1, -0.05) is 42.5 Å². The molecule has 0 aromatic heterocycles. The molecular formula is C20H23N3O3. The Hall–Kier alpha value is -3.02. The number of hydrogen-bond acceptors (Lipinski definition) is 4. The van der Waals surface area contributed by atoms with Gasteiger partial charge in [0.25, 0.3) is 0 Å². The number of nitrogen functional groups attached to an aromatic ring is 1. The molecule has 6 heteroatoms. The number of rotatable bonds is 5. The van der Waals surface area contributed by atoms with Crippen LogP contribution < -0.4 is 11.1 Å². The summed E-state index contributed by atoms with van der Waals surface area (Å²) < 4.78 is 5.36. The van der Waals surface area contributed by atoms with E-state index in [-0.39, 0.29) is 12.5 Å². The summed E-state index contributed by atoms with van der Waals surface area (Å²) in [6.07, 6.45) is 0.994. The van der Waals surface area contributed by atoms with Crippen LogP contribution in [-0.2, 0) is 22.7 Å². The highest BCUT2D eigenvalue weighted by Crippen LogP contribution is 2.19. The zero-order valence-corrected chi connectivity index (χ0v) is 14.6. The average Bonchev–Trinajstić information content (AvgIpc) is 3.16. The number of likely N-dealkylation sites (tertiary alicyclic amines) is 1. The van der Waals surface area contributed by atoms with Crippen molar-refractivity contribution in [3.8, 4) is 0 Å². The van der Waals surface area contributed by atoms with Gasteiger partial charge in [0.15, 0.2) is 0 Å². The minimum Gasteiger partial charge on any atom is -0.445 e. The Labute approximate surface area is 152 Å². The van der Waals surface area contributed by atoms with Gasteiger partial charge in [-0.3, -0.25) is 9.69 Å². The largest absolute Gasteiger partial charge is 0.445 e. The van der Waals surface area contributed by atoms with Gasteiger partial charge in [-0.25, -0.2) is 4.79 Å². The number of carbonyl (C=O) groups excluding carboxylic acids is 2. The van der Waals surface area contributed by atoms with Crippen LogP contribution in [0.1, 0.15) is 24.0 Å². The Kier molecular flexibility index (Phi) is 5.73. The van der Waals surface area contributed by atoms with Gasteiger partial charge in [-0.05, 0) is 36.1 Å². The second-order valence-corrected chi connectivity index (χ2v) is 6.35. The summed E-state index contributed by atoms with van der Waals surface area (Å²) >= 11 is 0. The molecule has 0 aliphatic carbocycles. The molecule has 0 bridgehead atoms. The highest BCUT2D eigenvalue weighted by molar-refractivity contribution is 5.86. The lowest BCUT2D eigenvalue weighted by atomic mass is 10.2. The summed E-state index contributed by atoms with van der Waals surface area (Å²) in [5.41, 5.74) is 8.22. The minimum atomic E-state index is -0.480. The molecule has 136 valence electrons. The second-order valence-electron chi connectivity index (χ2n) is 6.35. The van der Waals surface area contributed by atoms with E-state index in [1.165, 1.54) is 4.90 Å². The van der Waals surface area contributed by atoms with Crippen LogP contribution in [-0.4, -0.2) is 29.5 Å². The van der Waals surface area contributed by atoms with Crippen molar-refractivity contribution in [1.29, 1.82) is 0 Å². The lowest BCUT2D eigenvalue weighted by molar-refractivity contribution is -0.125. The molecule has 0 radical (unpaired) electrons. The van der Waals surface area contributed by atoms with Crippen molar-refractivity contribution in [2.45, 2.75) is 32.0 Å². The Morgan fingerprint density at radius 1 is 1.08 bits per heavy atom. The monoisotopic (exact) mass is 353 g/mol.